The van der Waals surface area contributed by atoms with E-state index in [1.54, 1.807) is 0 Å². The fourth-order valence-corrected chi connectivity index (χ4v) is 1.76. The van der Waals surface area contributed by atoms with Crippen molar-refractivity contribution in [3.63, 3.8) is 0 Å². The minimum absolute atomic E-state index is 0. The average molecular weight is 211 g/mol. The molecule has 1 atom stereocenters. The van der Waals surface area contributed by atoms with E-state index < -0.39 is 12.0 Å². The summed E-state index contributed by atoms with van der Waals surface area (Å²) < 4.78 is 0. The zero-order valence-electron chi connectivity index (χ0n) is 7.70. The molecule has 0 radical (unpaired) electrons. The van der Waals surface area contributed by atoms with E-state index in [0.29, 0.717) is 0 Å². The summed E-state index contributed by atoms with van der Waals surface area (Å²) in [5, 5.41) is 20.4. The number of aliphatic carboxylic acids is 1. The molecule has 1 aliphatic carbocycles. The molecule has 0 amide bonds. The number of rotatable bonds is 4. The summed E-state index contributed by atoms with van der Waals surface area (Å²) in [6.07, 6.45) is 5.63. The van der Waals surface area contributed by atoms with E-state index in [-0.39, 0.29) is 42.2 Å². The van der Waals surface area contributed by atoms with E-state index in [2.05, 4.69) is 5.32 Å². The topological polar surface area (TPSA) is 69.6 Å². The first kappa shape index (κ1) is 14.4. The third-order valence-electron chi connectivity index (χ3n) is 2.52. The fourth-order valence-electron chi connectivity index (χ4n) is 1.76. The first-order valence-electron chi connectivity index (χ1n) is 4.83. The molecule has 1 unspecified atom stereocenters. The molecule has 4 nitrogen and oxygen atoms in total. The monoisotopic (exact) mass is 211 g/mol. The molecule has 0 saturated heterocycles. The number of nitrogens with one attached hydrogen (secondary N) is 1. The van der Waals surface area contributed by atoms with Crippen molar-refractivity contribution in [2.24, 2.45) is 0 Å². The number of carboxylic acids is 1. The van der Waals surface area contributed by atoms with Gasteiger partial charge < -0.3 is 10.2 Å². The minimum atomic E-state index is -0.965. The van der Waals surface area contributed by atoms with Gasteiger partial charge in [0.1, 0.15) is 6.04 Å². The Balaban J connectivity index is 0.00000169. The van der Waals surface area contributed by atoms with Crippen molar-refractivity contribution >= 4 is 35.5 Å². The Morgan fingerprint density at radius 1 is 1.36 bits per heavy atom. The number of carboxylic acid groups (broad SMARTS) is 1. The van der Waals surface area contributed by atoms with E-state index in [1.165, 1.54) is 6.42 Å². The number of hydrogen-bond donors (Lipinski definition) is 3. The predicted octanol–water partition coefficient (Wildman–Crippen LogP) is -0.294. The first-order chi connectivity index (χ1) is 6.24. The van der Waals surface area contributed by atoms with Crippen LogP contribution < -0.4 is 5.32 Å². The summed E-state index contributed by atoms with van der Waals surface area (Å²) >= 11 is 0. The molecule has 5 heteroatoms. The van der Waals surface area contributed by atoms with Gasteiger partial charge in [-0.3, -0.25) is 10.1 Å². The van der Waals surface area contributed by atoms with Gasteiger partial charge in [-0.25, -0.2) is 0 Å². The van der Waals surface area contributed by atoms with Gasteiger partial charge in [0.05, 0.1) is 6.61 Å². The van der Waals surface area contributed by atoms with Crippen LogP contribution in [0.25, 0.3) is 0 Å². The van der Waals surface area contributed by atoms with E-state index in [0.717, 1.165) is 25.7 Å². The van der Waals surface area contributed by atoms with Gasteiger partial charge in [0.25, 0.3) is 0 Å². The fraction of sp³-hybridized carbons (Fsp3) is 0.889. The van der Waals surface area contributed by atoms with Crippen molar-refractivity contribution in [3.05, 3.63) is 0 Å². The van der Waals surface area contributed by atoms with Crippen molar-refractivity contribution in [2.45, 2.75) is 44.2 Å². The molecular formula is C9H18NNaO3. The van der Waals surface area contributed by atoms with Gasteiger partial charge in [-0.15, -0.1) is 0 Å². The van der Waals surface area contributed by atoms with Crippen molar-refractivity contribution < 1.29 is 15.0 Å². The summed E-state index contributed by atoms with van der Waals surface area (Å²) in [5.41, 5.74) is 0. The quantitative estimate of drug-likeness (QED) is 0.559. The third kappa shape index (κ3) is 4.75. The average Bonchev–Trinajstić information content (AvgIpc) is 2.15. The van der Waals surface area contributed by atoms with Crippen LogP contribution >= 0.6 is 0 Å². The molecular weight excluding hydrogens is 193 g/mol. The summed E-state index contributed by atoms with van der Waals surface area (Å²) in [6, 6.07) is -0.509. The number of hydrogen-bond acceptors (Lipinski definition) is 3. The van der Waals surface area contributed by atoms with Crippen molar-refractivity contribution in [3.8, 4) is 0 Å². The summed E-state index contributed by atoms with van der Waals surface area (Å²) in [6.45, 7) is -0.328. The zero-order valence-corrected chi connectivity index (χ0v) is 7.70. The molecule has 0 aromatic carbocycles. The van der Waals surface area contributed by atoms with Crippen LogP contribution in [0.15, 0.2) is 0 Å². The van der Waals surface area contributed by atoms with Gasteiger partial charge in [-0.1, -0.05) is 19.3 Å². The summed E-state index contributed by atoms with van der Waals surface area (Å²) in [4.78, 5) is 10.6. The van der Waals surface area contributed by atoms with Gasteiger partial charge >= 0.3 is 35.5 Å². The Labute approximate surface area is 106 Å². The Bertz CT molecular complexity index is 171. The van der Waals surface area contributed by atoms with Crippen LogP contribution in [0.5, 0.6) is 0 Å². The zero-order chi connectivity index (χ0) is 9.68. The van der Waals surface area contributed by atoms with Gasteiger partial charge in [0.15, 0.2) is 0 Å². The van der Waals surface area contributed by atoms with Crippen molar-refractivity contribution in [1.82, 2.24) is 5.32 Å². The number of aliphatic hydroxyl groups is 1. The number of aliphatic hydroxyl groups excluding tert-OH is 1. The van der Waals surface area contributed by atoms with Crippen LogP contribution in [-0.4, -0.2) is 64.4 Å². The maximum absolute atomic E-state index is 10.6. The Morgan fingerprint density at radius 3 is 2.36 bits per heavy atom. The van der Waals surface area contributed by atoms with E-state index >= 15 is 0 Å². The molecule has 3 N–H and O–H groups in total. The Kier molecular flexibility index (Phi) is 7.86. The Hall–Kier alpha value is 0.390. The van der Waals surface area contributed by atoms with Crippen LogP contribution in [0.4, 0.5) is 0 Å². The van der Waals surface area contributed by atoms with Crippen LogP contribution in [0.2, 0.25) is 0 Å². The molecule has 1 saturated carbocycles. The predicted molar refractivity (Wildman–Crippen MR) is 55.7 cm³/mol. The molecule has 0 bridgehead atoms. The van der Waals surface area contributed by atoms with Crippen LogP contribution in [0, 0.1) is 0 Å². The molecule has 0 aliphatic heterocycles. The normalized spacial score (nSPS) is 19.8. The second-order valence-electron chi connectivity index (χ2n) is 3.57. The SMILES string of the molecule is O=C(O)C(CO)NC1CCCCC1.[NaH]. The molecule has 78 valence electrons. The summed E-state index contributed by atoms with van der Waals surface area (Å²) in [7, 11) is 0. The molecule has 1 fully saturated rings. The Morgan fingerprint density at radius 2 is 1.93 bits per heavy atom. The number of carbonyl (C=O) groups is 1. The molecule has 0 heterocycles. The molecule has 0 aromatic heterocycles. The van der Waals surface area contributed by atoms with Crippen molar-refractivity contribution in [2.75, 3.05) is 6.61 Å². The second-order valence-corrected chi connectivity index (χ2v) is 3.57. The standard InChI is InChI=1S/C9H17NO3.Na.H/c11-6-8(9(12)13)10-7-4-2-1-3-5-7;;/h7-8,10-11H,1-6H2,(H,12,13);;. The molecule has 0 spiro atoms. The van der Waals surface area contributed by atoms with Crippen molar-refractivity contribution in [1.29, 1.82) is 0 Å². The van der Waals surface area contributed by atoms with Crippen LogP contribution in [-0.2, 0) is 4.79 Å². The van der Waals surface area contributed by atoms with E-state index in [1.807, 2.05) is 0 Å². The van der Waals surface area contributed by atoms with Gasteiger partial charge in [0.2, 0.25) is 0 Å². The van der Waals surface area contributed by atoms with E-state index in [9.17, 15) is 4.79 Å². The summed E-state index contributed by atoms with van der Waals surface area (Å²) in [5.74, 6) is -0.965. The molecule has 14 heavy (non-hydrogen) atoms. The van der Waals surface area contributed by atoms with Gasteiger partial charge in [0, 0.05) is 6.04 Å². The van der Waals surface area contributed by atoms with Crippen LogP contribution in [0.3, 0.4) is 0 Å². The molecule has 1 rings (SSSR count). The van der Waals surface area contributed by atoms with Crippen LogP contribution in [0.1, 0.15) is 32.1 Å². The molecule has 0 aromatic rings. The first-order valence-corrected chi connectivity index (χ1v) is 4.83. The van der Waals surface area contributed by atoms with Gasteiger partial charge in [-0.2, -0.15) is 0 Å². The van der Waals surface area contributed by atoms with Gasteiger partial charge in [-0.05, 0) is 12.8 Å². The third-order valence-corrected chi connectivity index (χ3v) is 2.52. The second kappa shape index (κ2) is 7.65. The molecule has 1 aliphatic rings. The maximum atomic E-state index is 10.6. The van der Waals surface area contributed by atoms with E-state index in [4.69, 9.17) is 10.2 Å².